The van der Waals surface area contributed by atoms with E-state index in [2.05, 4.69) is 50.0 Å². The van der Waals surface area contributed by atoms with Crippen LogP contribution in [0, 0.1) is 0 Å². The van der Waals surface area contributed by atoms with Crippen molar-refractivity contribution in [2.75, 3.05) is 0 Å². The molecule has 0 aliphatic heterocycles. The largest absolute Gasteiger partial charge is 0.387 e. The summed E-state index contributed by atoms with van der Waals surface area (Å²) in [5.41, 5.74) is 2.77. The Labute approximate surface area is 80.5 Å². The molecule has 0 heterocycles. The summed E-state index contributed by atoms with van der Waals surface area (Å²) in [4.78, 5) is 0. The molecule has 0 spiro atoms. The number of hydrogen-bond donors (Lipinski definition) is 1. The number of hydrogen-bond acceptors (Lipinski definition) is 1. The number of rotatable bonds is 4. The number of benzene rings is 1. The van der Waals surface area contributed by atoms with Crippen LogP contribution in [-0.4, -0.2) is 0 Å². The van der Waals surface area contributed by atoms with Gasteiger partial charge in [-0.15, -0.1) is 0 Å². The third kappa shape index (κ3) is 2.62. The molecule has 70 valence electrons. The summed E-state index contributed by atoms with van der Waals surface area (Å²) in [7, 11) is 0. The van der Waals surface area contributed by atoms with Crippen molar-refractivity contribution >= 4 is 0 Å². The lowest BCUT2D eigenvalue weighted by atomic mass is 9.97. The summed E-state index contributed by atoms with van der Waals surface area (Å²) in [5, 5.41) is 3.12. The molecule has 13 heavy (non-hydrogen) atoms. The Morgan fingerprint density at radius 1 is 1.38 bits per heavy atom. The summed E-state index contributed by atoms with van der Waals surface area (Å²) in [6, 6.07) is 8.51. The van der Waals surface area contributed by atoms with E-state index >= 15 is 0 Å². The molecule has 0 saturated carbocycles. The number of nitrogens with one attached hydrogen (secondary N) is 1. The Balaban J connectivity index is 2.84. The van der Waals surface area contributed by atoms with Crippen molar-refractivity contribution in [1.29, 1.82) is 0 Å². The van der Waals surface area contributed by atoms with E-state index in [1.807, 2.05) is 0 Å². The lowest BCUT2D eigenvalue weighted by Crippen LogP contribution is -2.07. The van der Waals surface area contributed by atoms with Crippen LogP contribution in [0.3, 0.4) is 0 Å². The van der Waals surface area contributed by atoms with Gasteiger partial charge in [0.25, 0.3) is 0 Å². The van der Waals surface area contributed by atoms with E-state index < -0.39 is 0 Å². The Bertz CT molecular complexity index is 276. The van der Waals surface area contributed by atoms with Crippen molar-refractivity contribution in [2.45, 2.75) is 26.3 Å². The molecule has 0 saturated heterocycles. The van der Waals surface area contributed by atoms with Crippen molar-refractivity contribution in [2.24, 2.45) is 0 Å². The highest BCUT2D eigenvalue weighted by molar-refractivity contribution is 5.29. The minimum atomic E-state index is 0.586. The lowest BCUT2D eigenvalue weighted by molar-refractivity contribution is 0.802. The zero-order valence-corrected chi connectivity index (χ0v) is 8.38. The summed E-state index contributed by atoms with van der Waals surface area (Å²) in [6.07, 6.45) is 1.73. The topological polar surface area (TPSA) is 12.0 Å². The van der Waals surface area contributed by atoms with Crippen LogP contribution in [0.4, 0.5) is 0 Å². The van der Waals surface area contributed by atoms with E-state index in [-0.39, 0.29) is 0 Å². The first kappa shape index (κ1) is 9.85. The molecule has 1 aromatic carbocycles. The normalized spacial score (nSPS) is 10.1. The van der Waals surface area contributed by atoms with Gasteiger partial charge in [-0.3, -0.25) is 0 Å². The second-order valence-corrected chi connectivity index (χ2v) is 3.44. The standard InChI is InChI=1S/C12H17N/c1-4-13-9-11-7-5-6-8-12(11)10(2)3/h4-8,10,13H,1,9H2,2-3H3. The van der Waals surface area contributed by atoms with Crippen LogP contribution in [0.5, 0.6) is 0 Å². The monoisotopic (exact) mass is 175 g/mol. The Kier molecular flexibility index (Phi) is 3.56. The molecule has 1 aromatic rings. The molecule has 0 radical (unpaired) electrons. The zero-order chi connectivity index (χ0) is 9.68. The van der Waals surface area contributed by atoms with Gasteiger partial charge in [0.05, 0.1) is 0 Å². The van der Waals surface area contributed by atoms with E-state index in [0.29, 0.717) is 5.92 Å². The lowest BCUT2D eigenvalue weighted by Gasteiger charge is -2.12. The second-order valence-electron chi connectivity index (χ2n) is 3.44. The Morgan fingerprint density at radius 3 is 2.69 bits per heavy atom. The minimum Gasteiger partial charge on any atom is -0.387 e. The SMILES string of the molecule is C=CNCc1ccccc1C(C)C. The highest BCUT2D eigenvalue weighted by atomic mass is 14.8. The molecule has 1 rings (SSSR count). The third-order valence-corrected chi connectivity index (χ3v) is 2.11. The molecule has 0 aliphatic rings. The quantitative estimate of drug-likeness (QED) is 0.741. The van der Waals surface area contributed by atoms with Crippen LogP contribution >= 0.6 is 0 Å². The molecule has 1 nitrogen and oxygen atoms in total. The summed E-state index contributed by atoms with van der Waals surface area (Å²) in [5.74, 6) is 0.586. The van der Waals surface area contributed by atoms with Crippen molar-refractivity contribution in [1.82, 2.24) is 5.32 Å². The highest BCUT2D eigenvalue weighted by Gasteiger charge is 2.03. The second kappa shape index (κ2) is 4.70. The van der Waals surface area contributed by atoms with Crippen LogP contribution in [0.2, 0.25) is 0 Å². The maximum Gasteiger partial charge on any atom is 0.0397 e. The molecule has 0 unspecified atom stereocenters. The maximum absolute atomic E-state index is 3.64. The predicted molar refractivity (Wildman–Crippen MR) is 57.6 cm³/mol. The van der Waals surface area contributed by atoms with E-state index in [0.717, 1.165) is 6.54 Å². The molecule has 0 aromatic heterocycles. The fourth-order valence-corrected chi connectivity index (χ4v) is 1.44. The van der Waals surface area contributed by atoms with E-state index in [1.165, 1.54) is 11.1 Å². The molecule has 0 bridgehead atoms. The molecule has 1 heteroatoms. The molecule has 1 N–H and O–H groups in total. The first-order valence-electron chi connectivity index (χ1n) is 4.67. The maximum atomic E-state index is 3.64. The van der Waals surface area contributed by atoms with Crippen LogP contribution in [0.15, 0.2) is 37.0 Å². The van der Waals surface area contributed by atoms with Gasteiger partial charge >= 0.3 is 0 Å². The van der Waals surface area contributed by atoms with Crippen LogP contribution in [-0.2, 0) is 6.54 Å². The van der Waals surface area contributed by atoms with Gasteiger partial charge in [-0.2, -0.15) is 0 Å². The molecule has 0 fully saturated rings. The van der Waals surface area contributed by atoms with Crippen molar-refractivity contribution < 1.29 is 0 Å². The van der Waals surface area contributed by atoms with Gasteiger partial charge in [0.1, 0.15) is 0 Å². The highest BCUT2D eigenvalue weighted by Crippen LogP contribution is 2.18. The van der Waals surface area contributed by atoms with Gasteiger partial charge in [-0.05, 0) is 23.2 Å². The van der Waals surface area contributed by atoms with Crippen molar-refractivity contribution in [3.05, 3.63) is 48.2 Å². The van der Waals surface area contributed by atoms with Crippen molar-refractivity contribution in [3.8, 4) is 0 Å². The van der Waals surface area contributed by atoms with Gasteiger partial charge < -0.3 is 5.32 Å². The summed E-state index contributed by atoms with van der Waals surface area (Å²) in [6.45, 7) is 8.94. The predicted octanol–water partition coefficient (Wildman–Crippen LogP) is 3.04. The average Bonchev–Trinajstić information content (AvgIpc) is 2.15. The minimum absolute atomic E-state index is 0.586. The van der Waals surface area contributed by atoms with Crippen molar-refractivity contribution in [3.63, 3.8) is 0 Å². The molecular weight excluding hydrogens is 158 g/mol. The molecule has 0 aliphatic carbocycles. The summed E-state index contributed by atoms with van der Waals surface area (Å²) >= 11 is 0. The van der Waals surface area contributed by atoms with Gasteiger partial charge in [0.15, 0.2) is 0 Å². The molecule has 0 atom stereocenters. The Hall–Kier alpha value is -1.24. The zero-order valence-electron chi connectivity index (χ0n) is 8.38. The first-order valence-corrected chi connectivity index (χ1v) is 4.67. The first-order chi connectivity index (χ1) is 6.25. The Morgan fingerprint density at radius 2 is 2.08 bits per heavy atom. The van der Waals surface area contributed by atoms with Gasteiger partial charge in [0, 0.05) is 6.54 Å². The van der Waals surface area contributed by atoms with Crippen LogP contribution in [0.1, 0.15) is 30.9 Å². The van der Waals surface area contributed by atoms with Gasteiger partial charge in [-0.25, -0.2) is 0 Å². The van der Waals surface area contributed by atoms with E-state index in [9.17, 15) is 0 Å². The average molecular weight is 175 g/mol. The third-order valence-electron chi connectivity index (χ3n) is 2.11. The fourth-order valence-electron chi connectivity index (χ4n) is 1.44. The summed E-state index contributed by atoms with van der Waals surface area (Å²) < 4.78 is 0. The van der Waals surface area contributed by atoms with E-state index in [1.54, 1.807) is 6.20 Å². The smallest absolute Gasteiger partial charge is 0.0397 e. The van der Waals surface area contributed by atoms with E-state index in [4.69, 9.17) is 0 Å². The van der Waals surface area contributed by atoms with Crippen LogP contribution in [0.25, 0.3) is 0 Å². The molecule has 0 amide bonds. The molecular formula is C12H17N. The van der Waals surface area contributed by atoms with Gasteiger partial charge in [-0.1, -0.05) is 44.7 Å². The van der Waals surface area contributed by atoms with Crippen LogP contribution < -0.4 is 5.32 Å². The van der Waals surface area contributed by atoms with Gasteiger partial charge in [0.2, 0.25) is 0 Å². The fraction of sp³-hybridized carbons (Fsp3) is 0.333.